The van der Waals surface area contributed by atoms with E-state index in [1.807, 2.05) is 17.8 Å². The summed E-state index contributed by atoms with van der Waals surface area (Å²) in [6.07, 6.45) is 2.24. The predicted molar refractivity (Wildman–Crippen MR) is 79.8 cm³/mol. The topological polar surface area (TPSA) is 58.4 Å². The Morgan fingerprint density at radius 2 is 2.35 bits per heavy atom. The first-order valence-corrected chi connectivity index (χ1v) is 8.17. The Balaban J connectivity index is 1.94. The lowest BCUT2D eigenvalue weighted by Gasteiger charge is -2.33. The molecule has 3 heterocycles. The van der Waals surface area contributed by atoms with Crippen LogP contribution in [-0.2, 0) is 0 Å². The molecule has 5 nitrogen and oxygen atoms in total. The molecule has 6 heteroatoms. The van der Waals surface area contributed by atoms with Crippen LogP contribution < -0.4 is 10.2 Å². The third-order valence-corrected chi connectivity index (χ3v) is 5.79. The van der Waals surface area contributed by atoms with Crippen LogP contribution in [0.2, 0.25) is 0 Å². The summed E-state index contributed by atoms with van der Waals surface area (Å²) in [5.41, 5.74) is 2.46. The number of benzene rings is 1. The molecule has 2 atom stereocenters. The van der Waals surface area contributed by atoms with Crippen molar-refractivity contribution in [2.75, 3.05) is 30.3 Å². The highest BCUT2D eigenvalue weighted by Crippen LogP contribution is 2.52. The summed E-state index contributed by atoms with van der Waals surface area (Å²) in [5, 5.41) is 14.8. The van der Waals surface area contributed by atoms with Gasteiger partial charge in [0.05, 0.1) is 16.2 Å². The molecule has 0 spiro atoms. The second-order valence-electron chi connectivity index (χ2n) is 5.66. The van der Waals surface area contributed by atoms with Crippen LogP contribution in [0.25, 0.3) is 0 Å². The SMILES string of the molecule is O=[N+]([O-])c1ccc2c3c1[C@H]1CNCC[C@H]1N3CCCS2. The summed E-state index contributed by atoms with van der Waals surface area (Å²) in [7, 11) is 0. The van der Waals surface area contributed by atoms with Crippen molar-refractivity contribution < 1.29 is 4.92 Å². The third kappa shape index (κ3) is 1.67. The maximum Gasteiger partial charge on any atom is 0.275 e. The Morgan fingerprint density at radius 3 is 3.20 bits per heavy atom. The summed E-state index contributed by atoms with van der Waals surface area (Å²) in [4.78, 5) is 14.9. The summed E-state index contributed by atoms with van der Waals surface area (Å²) in [6, 6.07) is 4.11. The second kappa shape index (κ2) is 4.63. The zero-order valence-corrected chi connectivity index (χ0v) is 12.0. The molecule has 1 fully saturated rings. The number of thioether (sulfide) groups is 1. The Hall–Kier alpha value is -1.27. The highest BCUT2D eigenvalue weighted by molar-refractivity contribution is 7.99. The van der Waals surface area contributed by atoms with Gasteiger partial charge in [0.15, 0.2) is 0 Å². The smallest absolute Gasteiger partial charge is 0.275 e. The molecule has 4 rings (SSSR count). The third-order valence-electron chi connectivity index (χ3n) is 4.66. The van der Waals surface area contributed by atoms with Crippen molar-refractivity contribution in [2.45, 2.75) is 29.7 Å². The van der Waals surface area contributed by atoms with Crippen LogP contribution in [0, 0.1) is 10.1 Å². The molecular weight excluding hydrogens is 274 g/mol. The number of rotatable bonds is 1. The lowest BCUT2D eigenvalue weighted by molar-refractivity contribution is -0.385. The lowest BCUT2D eigenvalue weighted by Crippen LogP contribution is -2.44. The number of fused-ring (bicyclic) bond motifs is 3. The van der Waals surface area contributed by atoms with E-state index in [9.17, 15) is 10.1 Å². The van der Waals surface area contributed by atoms with Gasteiger partial charge in [-0.25, -0.2) is 0 Å². The van der Waals surface area contributed by atoms with Crippen LogP contribution in [0.1, 0.15) is 24.3 Å². The molecule has 0 bridgehead atoms. The van der Waals surface area contributed by atoms with Crippen LogP contribution in [0.4, 0.5) is 11.4 Å². The van der Waals surface area contributed by atoms with Gasteiger partial charge < -0.3 is 10.2 Å². The fourth-order valence-electron chi connectivity index (χ4n) is 3.89. The van der Waals surface area contributed by atoms with E-state index < -0.39 is 0 Å². The molecule has 0 aromatic heterocycles. The van der Waals surface area contributed by atoms with Gasteiger partial charge in [-0.15, -0.1) is 11.8 Å². The van der Waals surface area contributed by atoms with Gasteiger partial charge in [0, 0.05) is 36.0 Å². The minimum atomic E-state index is -0.208. The normalized spacial score (nSPS) is 27.7. The van der Waals surface area contributed by atoms with E-state index in [2.05, 4.69) is 10.2 Å². The monoisotopic (exact) mass is 291 g/mol. The van der Waals surface area contributed by atoms with Gasteiger partial charge in [-0.05, 0) is 31.2 Å². The molecule has 20 heavy (non-hydrogen) atoms. The zero-order chi connectivity index (χ0) is 13.7. The van der Waals surface area contributed by atoms with Gasteiger partial charge in [0.1, 0.15) is 0 Å². The van der Waals surface area contributed by atoms with E-state index in [1.165, 1.54) is 10.6 Å². The van der Waals surface area contributed by atoms with Gasteiger partial charge >= 0.3 is 0 Å². The van der Waals surface area contributed by atoms with E-state index in [4.69, 9.17) is 0 Å². The van der Waals surface area contributed by atoms with Gasteiger partial charge in [-0.2, -0.15) is 0 Å². The molecule has 0 saturated carbocycles. The molecule has 106 valence electrons. The molecule has 3 aliphatic heterocycles. The van der Waals surface area contributed by atoms with Gasteiger partial charge in [-0.1, -0.05) is 0 Å². The lowest BCUT2D eigenvalue weighted by atomic mass is 9.89. The highest BCUT2D eigenvalue weighted by Gasteiger charge is 2.45. The number of nitrogens with zero attached hydrogens (tertiary/aromatic N) is 2. The van der Waals surface area contributed by atoms with Gasteiger partial charge in [0.25, 0.3) is 5.69 Å². The first kappa shape index (κ1) is 12.5. The number of nitro groups is 1. The van der Waals surface area contributed by atoms with Crippen LogP contribution in [-0.4, -0.2) is 36.4 Å². The van der Waals surface area contributed by atoms with E-state index in [0.29, 0.717) is 11.7 Å². The number of hydrogen-bond donors (Lipinski definition) is 1. The molecule has 1 N–H and O–H groups in total. The van der Waals surface area contributed by atoms with Crippen molar-refractivity contribution in [2.24, 2.45) is 0 Å². The van der Waals surface area contributed by atoms with Crippen molar-refractivity contribution in [1.29, 1.82) is 0 Å². The Kier molecular flexibility index (Phi) is 2.89. The average molecular weight is 291 g/mol. The fraction of sp³-hybridized carbons (Fsp3) is 0.571. The van der Waals surface area contributed by atoms with E-state index >= 15 is 0 Å². The van der Waals surface area contributed by atoms with Crippen LogP contribution >= 0.6 is 11.8 Å². The largest absolute Gasteiger partial charge is 0.366 e. The maximum absolute atomic E-state index is 11.4. The number of hydrogen-bond acceptors (Lipinski definition) is 5. The molecule has 0 aliphatic carbocycles. The quantitative estimate of drug-likeness (QED) is 0.636. The predicted octanol–water partition coefficient (Wildman–Crippen LogP) is 2.36. The van der Waals surface area contributed by atoms with E-state index in [1.54, 1.807) is 6.07 Å². The minimum absolute atomic E-state index is 0.208. The first-order valence-electron chi connectivity index (χ1n) is 7.19. The molecule has 0 amide bonds. The van der Waals surface area contributed by atoms with Crippen molar-refractivity contribution in [3.63, 3.8) is 0 Å². The zero-order valence-electron chi connectivity index (χ0n) is 11.2. The maximum atomic E-state index is 11.4. The summed E-state index contributed by atoms with van der Waals surface area (Å²) in [5.74, 6) is 1.38. The standard InChI is InChI=1S/C14H17N3O2S/c18-17(19)11-2-3-12-14-13(11)9-8-15-5-4-10(9)16(14)6-1-7-20-12/h2-3,9-10,15H,1,4-8H2/t9-,10+/m0/s1. The summed E-state index contributed by atoms with van der Waals surface area (Å²) < 4.78 is 0. The van der Waals surface area contributed by atoms with E-state index in [0.717, 1.165) is 43.8 Å². The Morgan fingerprint density at radius 1 is 1.45 bits per heavy atom. The van der Waals surface area contributed by atoms with E-state index in [-0.39, 0.29) is 10.8 Å². The fourth-order valence-corrected chi connectivity index (χ4v) is 4.91. The molecule has 0 unspecified atom stereocenters. The molecule has 1 aromatic rings. The Labute approximate surface area is 121 Å². The molecule has 3 aliphatic rings. The van der Waals surface area contributed by atoms with Gasteiger partial charge in [0.2, 0.25) is 0 Å². The van der Waals surface area contributed by atoms with Crippen LogP contribution in [0.5, 0.6) is 0 Å². The second-order valence-corrected chi connectivity index (χ2v) is 6.80. The first-order chi connectivity index (χ1) is 9.77. The number of piperidine rings is 1. The molecule has 0 radical (unpaired) electrons. The number of anilines is 1. The van der Waals surface area contributed by atoms with Crippen molar-refractivity contribution in [3.8, 4) is 0 Å². The minimum Gasteiger partial charge on any atom is -0.366 e. The number of nitro benzene ring substituents is 1. The Bertz CT molecular complexity index is 578. The van der Waals surface area contributed by atoms with Crippen LogP contribution in [0.15, 0.2) is 17.0 Å². The van der Waals surface area contributed by atoms with Gasteiger partial charge in [-0.3, -0.25) is 10.1 Å². The molecule has 1 saturated heterocycles. The summed E-state index contributed by atoms with van der Waals surface area (Å²) >= 11 is 1.85. The number of nitrogens with one attached hydrogen (secondary N) is 1. The average Bonchev–Trinajstić information content (AvgIpc) is 2.64. The molecule has 1 aromatic carbocycles. The van der Waals surface area contributed by atoms with Crippen molar-refractivity contribution >= 4 is 23.1 Å². The summed E-state index contributed by atoms with van der Waals surface area (Å²) in [6.45, 7) is 2.92. The highest BCUT2D eigenvalue weighted by atomic mass is 32.2. The van der Waals surface area contributed by atoms with Crippen molar-refractivity contribution in [1.82, 2.24) is 5.32 Å². The molecular formula is C14H17N3O2S. The van der Waals surface area contributed by atoms with Crippen LogP contribution in [0.3, 0.4) is 0 Å². The van der Waals surface area contributed by atoms with Crippen molar-refractivity contribution in [3.05, 3.63) is 27.8 Å².